The van der Waals surface area contributed by atoms with Gasteiger partial charge in [0.25, 0.3) is 0 Å². The normalized spacial score (nSPS) is 10.9. The first kappa shape index (κ1) is 14.2. The molecule has 3 aromatic rings. The second kappa shape index (κ2) is 5.22. The van der Waals surface area contributed by atoms with Crippen molar-refractivity contribution < 1.29 is 14.9 Å². The first-order valence-electron chi connectivity index (χ1n) is 6.97. The SMILES string of the molecule is COc1cc(O)cc2cc(-c3cc(C)c(O)c(C)c3)ncc12. The van der Waals surface area contributed by atoms with Crippen molar-refractivity contribution in [3.63, 3.8) is 0 Å². The van der Waals surface area contributed by atoms with Gasteiger partial charge in [0.15, 0.2) is 0 Å². The van der Waals surface area contributed by atoms with E-state index < -0.39 is 0 Å². The van der Waals surface area contributed by atoms with E-state index in [1.54, 1.807) is 25.4 Å². The number of aromatic nitrogens is 1. The van der Waals surface area contributed by atoms with Gasteiger partial charge in [-0.3, -0.25) is 4.98 Å². The number of aryl methyl sites for hydroxylation is 2. The largest absolute Gasteiger partial charge is 0.508 e. The summed E-state index contributed by atoms with van der Waals surface area (Å²) in [5, 5.41) is 21.4. The van der Waals surface area contributed by atoms with E-state index in [0.29, 0.717) is 11.5 Å². The Balaban J connectivity index is 2.21. The van der Waals surface area contributed by atoms with Crippen molar-refractivity contribution in [1.82, 2.24) is 4.98 Å². The number of phenolic OH excluding ortho intramolecular Hbond substituents is 2. The summed E-state index contributed by atoms with van der Waals surface area (Å²) in [6.45, 7) is 3.73. The van der Waals surface area contributed by atoms with Crippen molar-refractivity contribution in [1.29, 1.82) is 0 Å². The molecule has 0 radical (unpaired) electrons. The molecule has 4 nitrogen and oxygen atoms in total. The second-order valence-corrected chi connectivity index (χ2v) is 5.40. The Hall–Kier alpha value is -2.75. The highest BCUT2D eigenvalue weighted by Crippen LogP contribution is 2.33. The molecule has 0 atom stereocenters. The number of hydrogen-bond acceptors (Lipinski definition) is 4. The zero-order valence-electron chi connectivity index (χ0n) is 12.7. The molecule has 0 saturated carbocycles. The van der Waals surface area contributed by atoms with E-state index in [1.807, 2.05) is 32.0 Å². The lowest BCUT2D eigenvalue weighted by molar-refractivity contribution is 0.413. The van der Waals surface area contributed by atoms with Gasteiger partial charge in [-0.05, 0) is 54.6 Å². The van der Waals surface area contributed by atoms with Crippen molar-refractivity contribution >= 4 is 10.8 Å². The third-order valence-electron chi connectivity index (χ3n) is 3.79. The van der Waals surface area contributed by atoms with Crippen LogP contribution >= 0.6 is 0 Å². The van der Waals surface area contributed by atoms with Crippen LogP contribution in [-0.2, 0) is 0 Å². The van der Waals surface area contributed by atoms with Crippen molar-refractivity contribution in [2.75, 3.05) is 7.11 Å². The van der Waals surface area contributed by atoms with Crippen molar-refractivity contribution in [2.24, 2.45) is 0 Å². The molecule has 4 heteroatoms. The number of aromatic hydroxyl groups is 2. The van der Waals surface area contributed by atoms with Gasteiger partial charge in [0, 0.05) is 23.2 Å². The Morgan fingerprint density at radius 2 is 1.64 bits per heavy atom. The van der Waals surface area contributed by atoms with Crippen LogP contribution < -0.4 is 4.74 Å². The highest BCUT2D eigenvalue weighted by Gasteiger charge is 2.10. The number of fused-ring (bicyclic) bond motifs is 1. The maximum absolute atomic E-state index is 9.88. The fraction of sp³-hybridized carbons (Fsp3) is 0.167. The topological polar surface area (TPSA) is 62.6 Å². The molecule has 0 unspecified atom stereocenters. The van der Waals surface area contributed by atoms with E-state index in [1.165, 1.54) is 0 Å². The van der Waals surface area contributed by atoms with Crippen LogP contribution in [0.1, 0.15) is 11.1 Å². The van der Waals surface area contributed by atoms with Crippen LogP contribution in [0.5, 0.6) is 17.2 Å². The molecule has 3 rings (SSSR count). The molecule has 2 aromatic carbocycles. The third kappa shape index (κ3) is 2.33. The van der Waals surface area contributed by atoms with Gasteiger partial charge in [0.2, 0.25) is 0 Å². The quantitative estimate of drug-likeness (QED) is 0.751. The number of nitrogens with zero attached hydrogens (tertiary/aromatic N) is 1. The number of benzene rings is 2. The van der Waals surface area contributed by atoms with E-state index in [9.17, 15) is 10.2 Å². The van der Waals surface area contributed by atoms with Gasteiger partial charge in [-0.2, -0.15) is 0 Å². The number of hydrogen-bond donors (Lipinski definition) is 2. The van der Waals surface area contributed by atoms with Gasteiger partial charge >= 0.3 is 0 Å². The first-order chi connectivity index (χ1) is 10.5. The number of phenols is 2. The van der Waals surface area contributed by atoms with Crippen LogP contribution in [0.4, 0.5) is 0 Å². The number of rotatable bonds is 2. The highest BCUT2D eigenvalue weighted by atomic mass is 16.5. The van der Waals surface area contributed by atoms with E-state index in [4.69, 9.17) is 4.74 Å². The Labute approximate surface area is 128 Å². The van der Waals surface area contributed by atoms with Gasteiger partial charge in [-0.25, -0.2) is 0 Å². The lowest BCUT2D eigenvalue weighted by atomic mass is 10.0. The van der Waals surface area contributed by atoms with Gasteiger partial charge in [0.1, 0.15) is 17.2 Å². The van der Waals surface area contributed by atoms with Gasteiger partial charge < -0.3 is 14.9 Å². The summed E-state index contributed by atoms with van der Waals surface area (Å²) >= 11 is 0. The van der Waals surface area contributed by atoms with Gasteiger partial charge in [-0.1, -0.05) is 0 Å². The molecule has 0 fully saturated rings. The smallest absolute Gasteiger partial charge is 0.131 e. The molecule has 0 aliphatic rings. The maximum Gasteiger partial charge on any atom is 0.131 e. The molecule has 2 N–H and O–H groups in total. The molecule has 0 saturated heterocycles. The second-order valence-electron chi connectivity index (χ2n) is 5.40. The average molecular weight is 295 g/mol. The molecule has 0 amide bonds. The van der Waals surface area contributed by atoms with Crippen LogP contribution in [0.3, 0.4) is 0 Å². The van der Waals surface area contributed by atoms with E-state index in [2.05, 4.69) is 4.98 Å². The minimum Gasteiger partial charge on any atom is -0.508 e. The molecule has 0 spiro atoms. The van der Waals surface area contributed by atoms with Crippen molar-refractivity contribution in [2.45, 2.75) is 13.8 Å². The number of ether oxygens (including phenoxy) is 1. The molecular formula is C18H17NO3. The summed E-state index contributed by atoms with van der Waals surface area (Å²) in [6.07, 6.45) is 1.74. The van der Waals surface area contributed by atoms with Gasteiger partial charge in [0.05, 0.1) is 12.8 Å². The van der Waals surface area contributed by atoms with Crippen LogP contribution in [0, 0.1) is 13.8 Å². The van der Waals surface area contributed by atoms with E-state index in [0.717, 1.165) is 33.2 Å². The number of methoxy groups -OCH3 is 1. The third-order valence-corrected chi connectivity index (χ3v) is 3.79. The van der Waals surface area contributed by atoms with Crippen LogP contribution in [0.25, 0.3) is 22.0 Å². The van der Waals surface area contributed by atoms with Crippen LogP contribution in [0.2, 0.25) is 0 Å². The molecule has 0 bridgehead atoms. The lowest BCUT2D eigenvalue weighted by Crippen LogP contribution is -1.90. The predicted octanol–water partition coefficient (Wildman–Crippen LogP) is 3.94. The Morgan fingerprint density at radius 3 is 2.27 bits per heavy atom. The fourth-order valence-corrected chi connectivity index (χ4v) is 2.64. The Morgan fingerprint density at radius 1 is 0.955 bits per heavy atom. The van der Waals surface area contributed by atoms with E-state index in [-0.39, 0.29) is 5.75 Å². The molecule has 1 aromatic heterocycles. The summed E-state index contributed by atoms with van der Waals surface area (Å²) in [4.78, 5) is 4.48. The molecule has 0 aliphatic heterocycles. The molecule has 1 heterocycles. The summed E-state index contributed by atoms with van der Waals surface area (Å²) in [7, 11) is 1.56. The average Bonchev–Trinajstić information content (AvgIpc) is 2.50. The predicted molar refractivity (Wildman–Crippen MR) is 86.5 cm³/mol. The Bertz CT molecular complexity index is 849. The summed E-state index contributed by atoms with van der Waals surface area (Å²) in [5.74, 6) is 1.05. The highest BCUT2D eigenvalue weighted by molar-refractivity contribution is 5.91. The summed E-state index contributed by atoms with van der Waals surface area (Å²) in [6, 6.07) is 8.96. The fourth-order valence-electron chi connectivity index (χ4n) is 2.64. The monoisotopic (exact) mass is 295 g/mol. The standard InChI is InChI=1S/C18H17NO3/c1-10-4-13(5-11(2)18(10)21)16-7-12-6-14(20)8-17(22-3)15(12)9-19-16/h4-9,20-21H,1-3H3. The van der Waals surface area contributed by atoms with E-state index >= 15 is 0 Å². The molecule has 22 heavy (non-hydrogen) atoms. The zero-order valence-corrected chi connectivity index (χ0v) is 12.7. The zero-order chi connectivity index (χ0) is 15.9. The van der Waals surface area contributed by atoms with Crippen molar-refractivity contribution in [3.05, 3.63) is 47.7 Å². The van der Waals surface area contributed by atoms with Crippen molar-refractivity contribution in [3.8, 4) is 28.5 Å². The lowest BCUT2D eigenvalue weighted by Gasteiger charge is -2.10. The molecular weight excluding hydrogens is 278 g/mol. The van der Waals surface area contributed by atoms with Gasteiger partial charge in [-0.15, -0.1) is 0 Å². The maximum atomic E-state index is 9.88. The molecule has 0 aliphatic carbocycles. The minimum absolute atomic E-state index is 0.152. The van der Waals surface area contributed by atoms with Crippen LogP contribution in [-0.4, -0.2) is 22.3 Å². The summed E-state index contributed by atoms with van der Waals surface area (Å²) in [5.41, 5.74) is 3.33. The number of pyridine rings is 1. The summed E-state index contributed by atoms with van der Waals surface area (Å²) < 4.78 is 5.27. The Kier molecular flexibility index (Phi) is 3.37. The van der Waals surface area contributed by atoms with Crippen LogP contribution in [0.15, 0.2) is 36.5 Å². The molecule has 112 valence electrons. The first-order valence-corrected chi connectivity index (χ1v) is 6.97. The minimum atomic E-state index is 0.152.